The standard InChI is InChI=1S/C14H14N4S/c1-11-16-8-14(19-11)9-17-12-3-2-4-13(7-12)18-6-5-15-10-18/h2-8,10,17H,9H2,1H3. The summed E-state index contributed by atoms with van der Waals surface area (Å²) >= 11 is 1.72. The monoisotopic (exact) mass is 270 g/mol. The van der Waals surface area contributed by atoms with E-state index in [1.165, 1.54) is 4.88 Å². The third-order valence-corrected chi connectivity index (χ3v) is 3.70. The Morgan fingerprint density at radius 1 is 1.37 bits per heavy atom. The summed E-state index contributed by atoms with van der Waals surface area (Å²) in [6.45, 7) is 2.83. The molecule has 5 heteroatoms. The second-order valence-electron chi connectivity index (χ2n) is 4.22. The highest BCUT2D eigenvalue weighted by Gasteiger charge is 2.00. The molecular formula is C14H14N4S. The average Bonchev–Trinajstić information content (AvgIpc) is 3.08. The van der Waals surface area contributed by atoms with Gasteiger partial charge in [0.1, 0.15) is 0 Å². The Kier molecular flexibility index (Phi) is 3.29. The van der Waals surface area contributed by atoms with E-state index in [2.05, 4.69) is 33.5 Å². The Hall–Kier alpha value is -2.14. The van der Waals surface area contributed by atoms with Crippen molar-refractivity contribution in [2.45, 2.75) is 13.5 Å². The van der Waals surface area contributed by atoms with E-state index in [1.54, 1.807) is 23.9 Å². The number of nitrogens with one attached hydrogen (secondary N) is 1. The quantitative estimate of drug-likeness (QED) is 0.791. The summed E-state index contributed by atoms with van der Waals surface area (Å²) in [5.74, 6) is 0. The molecule has 0 unspecified atom stereocenters. The van der Waals surface area contributed by atoms with E-state index in [0.717, 1.165) is 22.9 Å². The summed E-state index contributed by atoms with van der Waals surface area (Å²) in [6, 6.07) is 8.27. The van der Waals surface area contributed by atoms with E-state index in [-0.39, 0.29) is 0 Å². The molecule has 0 fully saturated rings. The maximum atomic E-state index is 4.25. The second kappa shape index (κ2) is 5.24. The van der Waals surface area contributed by atoms with Gasteiger partial charge in [-0.25, -0.2) is 9.97 Å². The lowest BCUT2D eigenvalue weighted by Gasteiger charge is -2.07. The van der Waals surface area contributed by atoms with E-state index in [0.29, 0.717) is 0 Å². The van der Waals surface area contributed by atoms with Crippen LogP contribution in [0, 0.1) is 6.92 Å². The van der Waals surface area contributed by atoms with Crippen LogP contribution in [0.25, 0.3) is 5.69 Å². The number of anilines is 1. The zero-order valence-corrected chi connectivity index (χ0v) is 11.4. The number of hydrogen-bond donors (Lipinski definition) is 1. The maximum Gasteiger partial charge on any atom is 0.0991 e. The number of imidazole rings is 1. The van der Waals surface area contributed by atoms with Crippen LogP contribution in [0.3, 0.4) is 0 Å². The van der Waals surface area contributed by atoms with Crippen molar-refractivity contribution < 1.29 is 0 Å². The Labute approximate surface area is 115 Å². The summed E-state index contributed by atoms with van der Waals surface area (Å²) in [5.41, 5.74) is 2.19. The number of thiazole rings is 1. The molecule has 3 aromatic rings. The van der Waals surface area contributed by atoms with Crippen LogP contribution in [-0.2, 0) is 6.54 Å². The third kappa shape index (κ3) is 2.82. The Morgan fingerprint density at radius 2 is 2.32 bits per heavy atom. The van der Waals surface area contributed by atoms with Gasteiger partial charge in [-0.2, -0.15) is 0 Å². The minimum atomic E-state index is 0.804. The van der Waals surface area contributed by atoms with Gasteiger partial charge in [-0.1, -0.05) is 6.07 Å². The van der Waals surface area contributed by atoms with Crippen molar-refractivity contribution in [1.82, 2.24) is 14.5 Å². The lowest BCUT2D eigenvalue weighted by atomic mass is 10.2. The molecule has 0 aliphatic carbocycles. The number of hydrogen-bond acceptors (Lipinski definition) is 4. The second-order valence-corrected chi connectivity index (χ2v) is 5.54. The van der Waals surface area contributed by atoms with Gasteiger partial charge in [0.2, 0.25) is 0 Å². The zero-order valence-electron chi connectivity index (χ0n) is 10.6. The number of benzene rings is 1. The molecule has 1 N–H and O–H groups in total. The van der Waals surface area contributed by atoms with Gasteiger partial charge in [0.25, 0.3) is 0 Å². The highest BCUT2D eigenvalue weighted by Crippen LogP contribution is 2.17. The van der Waals surface area contributed by atoms with Crippen LogP contribution in [0.2, 0.25) is 0 Å². The highest BCUT2D eigenvalue weighted by atomic mass is 32.1. The van der Waals surface area contributed by atoms with Crippen LogP contribution in [0.5, 0.6) is 0 Å². The first kappa shape index (κ1) is 11.9. The van der Waals surface area contributed by atoms with Gasteiger partial charge in [0, 0.05) is 34.8 Å². The molecule has 0 spiro atoms. The lowest BCUT2D eigenvalue weighted by molar-refractivity contribution is 1.05. The van der Waals surface area contributed by atoms with Crippen molar-refractivity contribution in [3.05, 3.63) is 59.1 Å². The fourth-order valence-electron chi connectivity index (χ4n) is 1.86. The number of aryl methyl sites for hydroxylation is 1. The first-order valence-electron chi connectivity index (χ1n) is 6.05. The molecule has 0 saturated heterocycles. The Balaban J connectivity index is 1.73. The molecule has 0 saturated carbocycles. The van der Waals surface area contributed by atoms with Gasteiger partial charge in [-0.15, -0.1) is 11.3 Å². The molecule has 0 radical (unpaired) electrons. The predicted molar refractivity (Wildman–Crippen MR) is 77.7 cm³/mol. The van der Waals surface area contributed by atoms with Crippen molar-refractivity contribution in [3.63, 3.8) is 0 Å². The van der Waals surface area contributed by atoms with E-state index in [4.69, 9.17) is 0 Å². The Morgan fingerprint density at radius 3 is 3.05 bits per heavy atom. The van der Waals surface area contributed by atoms with Crippen molar-refractivity contribution in [2.75, 3.05) is 5.32 Å². The average molecular weight is 270 g/mol. The topological polar surface area (TPSA) is 42.7 Å². The normalized spacial score (nSPS) is 10.6. The third-order valence-electron chi connectivity index (χ3n) is 2.78. The molecule has 0 aliphatic heterocycles. The Bertz CT molecular complexity index is 658. The molecule has 0 aliphatic rings. The summed E-state index contributed by atoms with van der Waals surface area (Å²) in [7, 11) is 0. The van der Waals surface area contributed by atoms with Crippen LogP contribution in [0.4, 0.5) is 5.69 Å². The van der Waals surface area contributed by atoms with E-state index >= 15 is 0 Å². The molecule has 0 atom stereocenters. The van der Waals surface area contributed by atoms with Gasteiger partial charge in [-0.05, 0) is 25.1 Å². The summed E-state index contributed by atoms with van der Waals surface area (Å²) in [5, 5.41) is 4.51. The summed E-state index contributed by atoms with van der Waals surface area (Å²) in [4.78, 5) is 9.55. The maximum absolute atomic E-state index is 4.25. The van der Waals surface area contributed by atoms with Crippen molar-refractivity contribution in [3.8, 4) is 5.69 Å². The number of rotatable bonds is 4. The zero-order chi connectivity index (χ0) is 13.1. The molecule has 2 aromatic heterocycles. The van der Waals surface area contributed by atoms with Crippen LogP contribution in [0.15, 0.2) is 49.2 Å². The molecule has 0 bridgehead atoms. The van der Waals surface area contributed by atoms with E-state index < -0.39 is 0 Å². The molecule has 96 valence electrons. The van der Waals surface area contributed by atoms with Crippen LogP contribution >= 0.6 is 11.3 Å². The van der Waals surface area contributed by atoms with Gasteiger partial charge < -0.3 is 9.88 Å². The molecular weight excluding hydrogens is 256 g/mol. The van der Waals surface area contributed by atoms with Crippen LogP contribution in [-0.4, -0.2) is 14.5 Å². The van der Waals surface area contributed by atoms with Gasteiger partial charge in [-0.3, -0.25) is 0 Å². The van der Waals surface area contributed by atoms with E-state index in [9.17, 15) is 0 Å². The minimum Gasteiger partial charge on any atom is -0.380 e. The highest BCUT2D eigenvalue weighted by molar-refractivity contribution is 7.11. The van der Waals surface area contributed by atoms with Gasteiger partial charge in [0.05, 0.1) is 17.9 Å². The van der Waals surface area contributed by atoms with Crippen molar-refractivity contribution in [1.29, 1.82) is 0 Å². The summed E-state index contributed by atoms with van der Waals surface area (Å²) < 4.78 is 1.99. The summed E-state index contributed by atoms with van der Waals surface area (Å²) in [6.07, 6.45) is 7.43. The molecule has 2 heterocycles. The largest absolute Gasteiger partial charge is 0.380 e. The predicted octanol–water partition coefficient (Wildman–Crippen LogP) is 3.25. The fourth-order valence-corrected chi connectivity index (χ4v) is 2.60. The number of nitrogens with zero attached hydrogens (tertiary/aromatic N) is 3. The first-order valence-corrected chi connectivity index (χ1v) is 6.86. The molecule has 19 heavy (non-hydrogen) atoms. The number of aromatic nitrogens is 3. The van der Waals surface area contributed by atoms with Crippen LogP contribution in [0.1, 0.15) is 9.88 Å². The van der Waals surface area contributed by atoms with Crippen molar-refractivity contribution >= 4 is 17.0 Å². The fraction of sp³-hybridized carbons (Fsp3) is 0.143. The van der Waals surface area contributed by atoms with Gasteiger partial charge >= 0.3 is 0 Å². The minimum absolute atomic E-state index is 0.804. The lowest BCUT2D eigenvalue weighted by Crippen LogP contribution is -1.98. The van der Waals surface area contributed by atoms with Gasteiger partial charge in [0.15, 0.2) is 0 Å². The molecule has 4 nitrogen and oxygen atoms in total. The van der Waals surface area contributed by atoms with Crippen molar-refractivity contribution in [2.24, 2.45) is 0 Å². The molecule has 0 amide bonds. The van der Waals surface area contributed by atoms with E-state index in [1.807, 2.05) is 30.0 Å². The van der Waals surface area contributed by atoms with Crippen LogP contribution < -0.4 is 5.32 Å². The first-order chi connectivity index (χ1) is 9.31. The molecule has 3 rings (SSSR count). The molecule has 1 aromatic carbocycles. The smallest absolute Gasteiger partial charge is 0.0991 e. The SMILES string of the molecule is Cc1ncc(CNc2cccc(-n3ccnc3)c2)s1.